The van der Waals surface area contributed by atoms with Gasteiger partial charge < -0.3 is 5.32 Å². The standard InChI is InChI=1S/C7H14FN/c1-9-5-6-2-3-7(8)4-6/h6-7,9H,2-5H2,1H3. The van der Waals surface area contributed by atoms with Crippen molar-refractivity contribution in [3.05, 3.63) is 0 Å². The van der Waals surface area contributed by atoms with Crippen molar-refractivity contribution in [3.8, 4) is 0 Å². The molecule has 0 amide bonds. The second-order valence-corrected chi connectivity index (χ2v) is 2.83. The molecule has 9 heavy (non-hydrogen) atoms. The molecule has 0 heterocycles. The molecule has 2 unspecified atom stereocenters. The molecule has 0 aromatic heterocycles. The van der Waals surface area contributed by atoms with Gasteiger partial charge >= 0.3 is 0 Å². The predicted octanol–water partition coefficient (Wildman–Crippen LogP) is 1.34. The van der Waals surface area contributed by atoms with Crippen LogP contribution in [0.5, 0.6) is 0 Å². The number of alkyl halides is 1. The predicted molar refractivity (Wildman–Crippen MR) is 36.2 cm³/mol. The first kappa shape index (κ1) is 7.00. The lowest BCUT2D eigenvalue weighted by Crippen LogP contribution is -2.16. The fourth-order valence-electron chi connectivity index (χ4n) is 1.49. The second kappa shape index (κ2) is 3.16. The third-order valence-electron chi connectivity index (χ3n) is 1.97. The first-order valence-electron chi connectivity index (χ1n) is 3.61. The minimum atomic E-state index is -0.511. The van der Waals surface area contributed by atoms with E-state index < -0.39 is 6.17 Å². The number of hydrogen-bond donors (Lipinski definition) is 1. The number of hydrogen-bond acceptors (Lipinski definition) is 1. The Kier molecular flexibility index (Phi) is 2.46. The van der Waals surface area contributed by atoms with E-state index in [1.807, 2.05) is 7.05 Å². The monoisotopic (exact) mass is 131 g/mol. The average Bonchev–Trinajstić information content (AvgIpc) is 2.17. The van der Waals surface area contributed by atoms with Crippen molar-refractivity contribution < 1.29 is 4.39 Å². The second-order valence-electron chi connectivity index (χ2n) is 2.83. The zero-order valence-electron chi connectivity index (χ0n) is 5.86. The molecule has 2 heteroatoms. The van der Waals surface area contributed by atoms with Crippen LogP contribution in [0.15, 0.2) is 0 Å². The maximum Gasteiger partial charge on any atom is 0.100 e. The fraction of sp³-hybridized carbons (Fsp3) is 1.00. The van der Waals surface area contributed by atoms with E-state index in [0.717, 1.165) is 25.8 Å². The molecule has 2 atom stereocenters. The van der Waals surface area contributed by atoms with E-state index >= 15 is 0 Å². The molecule has 0 aromatic carbocycles. The Labute approximate surface area is 55.6 Å². The topological polar surface area (TPSA) is 12.0 Å². The summed E-state index contributed by atoms with van der Waals surface area (Å²) in [5.41, 5.74) is 0. The molecule has 0 spiro atoms. The van der Waals surface area contributed by atoms with Crippen LogP contribution in [0.2, 0.25) is 0 Å². The van der Waals surface area contributed by atoms with Gasteiger partial charge in [0, 0.05) is 0 Å². The smallest absolute Gasteiger partial charge is 0.100 e. The molecule has 0 aromatic rings. The van der Waals surface area contributed by atoms with Crippen molar-refractivity contribution in [1.29, 1.82) is 0 Å². The summed E-state index contributed by atoms with van der Waals surface area (Å²) in [6, 6.07) is 0. The van der Waals surface area contributed by atoms with E-state index in [1.165, 1.54) is 0 Å². The summed E-state index contributed by atoms with van der Waals surface area (Å²) in [6.45, 7) is 0.987. The van der Waals surface area contributed by atoms with Crippen LogP contribution < -0.4 is 5.32 Å². The van der Waals surface area contributed by atoms with Gasteiger partial charge in [-0.05, 0) is 38.8 Å². The Bertz CT molecular complexity index is 83.0. The molecule has 0 radical (unpaired) electrons. The minimum Gasteiger partial charge on any atom is -0.319 e. The fourth-order valence-corrected chi connectivity index (χ4v) is 1.49. The summed E-state index contributed by atoms with van der Waals surface area (Å²) in [5, 5.41) is 3.06. The summed E-state index contributed by atoms with van der Waals surface area (Å²) < 4.78 is 12.5. The summed E-state index contributed by atoms with van der Waals surface area (Å²) >= 11 is 0. The molecule has 0 aliphatic heterocycles. The lowest BCUT2D eigenvalue weighted by molar-refractivity contribution is 0.330. The highest BCUT2D eigenvalue weighted by Crippen LogP contribution is 2.26. The van der Waals surface area contributed by atoms with Crippen LogP contribution in [0.3, 0.4) is 0 Å². The Balaban J connectivity index is 2.14. The first-order chi connectivity index (χ1) is 4.33. The Morgan fingerprint density at radius 1 is 1.56 bits per heavy atom. The van der Waals surface area contributed by atoms with Crippen molar-refractivity contribution in [3.63, 3.8) is 0 Å². The molecule has 1 aliphatic carbocycles. The number of halogens is 1. The highest BCUT2D eigenvalue weighted by molar-refractivity contribution is 4.75. The first-order valence-corrected chi connectivity index (χ1v) is 3.61. The van der Waals surface area contributed by atoms with Gasteiger partial charge in [0.1, 0.15) is 6.17 Å². The normalized spacial score (nSPS) is 35.3. The van der Waals surface area contributed by atoms with Gasteiger partial charge in [-0.25, -0.2) is 4.39 Å². The molecule has 54 valence electrons. The van der Waals surface area contributed by atoms with Crippen molar-refractivity contribution in [2.24, 2.45) is 5.92 Å². The van der Waals surface area contributed by atoms with Crippen LogP contribution in [-0.2, 0) is 0 Å². The Hall–Kier alpha value is -0.110. The highest BCUT2D eigenvalue weighted by atomic mass is 19.1. The van der Waals surface area contributed by atoms with E-state index in [2.05, 4.69) is 5.32 Å². The molecule has 1 aliphatic rings. The Morgan fingerprint density at radius 2 is 2.33 bits per heavy atom. The molecule has 1 rings (SSSR count). The SMILES string of the molecule is CNCC1CCC(F)C1. The molecule has 1 N–H and O–H groups in total. The van der Waals surface area contributed by atoms with Crippen molar-refractivity contribution in [1.82, 2.24) is 5.32 Å². The van der Waals surface area contributed by atoms with E-state index in [4.69, 9.17) is 0 Å². The van der Waals surface area contributed by atoms with Gasteiger partial charge in [-0.15, -0.1) is 0 Å². The van der Waals surface area contributed by atoms with Gasteiger partial charge in [0.15, 0.2) is 0 Å². The van der Waals surface area contributed by atoms with E-state index in [-0.39, 0.29) is 0 Å². The van der Waals surface area contributed by atoms with Crippen LogP contribution in [-0.4, -0.2) is 19.8 Å². The lowest BCUT2D eigenvalue weighted by atomic mass is 10.1. The zero-order valence-corrected chi connectivity index (χ0v) is 5.86. The average molecular weight is 131 g/mol. The quantitative estimate of drug-likeness (QED) is 0.596. The maximum absolute atomic E-state index is 12.5. The van der Waals surface area contributed by atoms with E-state index in [0.29, 0.717) is 5.92 Å². The van der Waals surface area contributed by atoms with Crippen LogP contribution in [0.25, 0.3) is 0 Å². The molecule has 1 saturated carbocycles. The molecule has 0 bridgehead atoms. The molecular formula is C7H14FN. The highest BCUT2D eigenvalue weighted by Gasteiger charge is 2.22. The number of nitrogens with one attached hydrogen (secondary N) is 1. The van der Waals surface area contributed by atoms with Gasteiger partial charge in [0.2, 0.25) is 0 Å². The number of rotatable bonds is 2. The van der Waals surface area contributed by atoms with Crippen LogP contribution >= 0.6 is 0 Å². The third-order valence-corrected chi connectivity index (χ3v) is 1.97. The third kappa shape index (κ3) is 1.94. The van der Waals surface area contributed by atoms with Crippen LogP contribution in [0.4, 0.5) is 4.39 Å². The summed E-state index contributed by atoms with van der Waals surface area (Å²) in [5.74, 6) is 0.602. The van der Waals surface area contributed by atoms with Gasteiger partial charge in [-0.3, -0.25) is 0 Å². The van der Waals surface area contributed by atoms with Crippen molar-refractivity contribution in [2.45, 2.75) is 25.4 Å². The molecular weight excluding hydrogens is 117 g/mol. The van der Waals surface area contributed by atoms with Crippen molar-refractivity contribution >= 4 is 0 Å². The zero-order chi connectivity index (χ0) is 6.69. The minimum absolute atomic E-state index is 0.511. The van der Waals surface area contributed by atoms with Gasteiger partial charge in [0.05, 0.1) is 0 Å². The lowest BCUT2D eigenvalue weighted by Gasteiger charge is -2.05. The summed E-state index contributed by atoms with van der Waals surface area (Å²) in [6.07, 6.45) is 2.12. The van der Waals surface area contributed by atoms with E-state index in [1.54, 1.807) is 0 Å². The van der Waals surface area contributed by atoms with Crippen LogP contribution in [0.1, 0.15) is 19.3 Å². The van der Waals surface area contributed by atoms with Gasteiger partial charge in [-0.2, -0.15) is 0 Å². The maximum atomic E-state index is 12.5. The van der Waals surface area contributed by atoms with E-state index in [9.17, 15) is 4.39 Å². The largest absolute Gasteiger partial charge is 0.319 e. The van der Waals surface area contributed by atoms with Gasteiger partial charge in [-0.1, -0.05) is 0 Å². The molecule has 0 saturated heterocycles. The molecule has 1 nitrogen and oxygen atoms in total. The van der Waals surface area contributed by atoms with Gasteiger partial charge in [0.25, 0.3) is 0 Å². The van der Waals surface area contributed by atoms with Crippen molar-refractivity contribution in [2.75, 3.05) is 13.6 Å². The molecule has 1 fully saturated rings. The summed E-state index contributed by atoms with van der Waals surface area (Å²) in [4.78, 5) is 0. The summed E-state index contributed by atoms with van der Waals surface area (Å²) in [7, 11) is 1.92. The van der Waals surface area contributed by atoms with Crippen LogP contribution in [0, 0.1) is 5.92 Å². The Morgan fingerprint density at radius 3 is 2.78 bits per heavy atom.